The Bertz CT molecular complexity index is 561. The third kappa shape index (κ3) is 5.99. The number of hydrogen-bond acceptors (Lipinski definition) is 5. The van der Waals surface area contributed by atoms with Gasteiger partial charge < -0.3 is 21.7 Å². The van der Waals surface area contributed by atoms with E-state index in [0.29, 0.717) is 5.56 Å². The van der Waals surface area contributed by atoms with Crippen LogP contribution in [0.15, 0.2) is 24.5 Å². The van der Waals surface area contributed by atoms with Crippen LogP contribution in [0, 0.1) is 0 Å². The molecule has 0 aliphatic heterocycles. The van der Waals surface area contributed by atoms with Gasteiger partial charge in [0.15, 0.2) is 0 Å². The lowest BCUT2D eigenvalue weighted by molar-refractivity contribution is -0.129. The van der Waals surface area contributed by atoms with Crippen molar-refractivity contribution in [3.8, 4) is 0 Å². The van der Waals surface area contributed by atoms with Gasteiger partial charge in [0.2, 0.25) is 17.7 Å². The Hall–Kier alpha value is -2.97. The molecule has 0 bridgehead atoms. The van der Waals surface area contributed by atoms with Crippen LogP contribution in [0.25, 0.3) is 0 Å². The molecule has 0 unspecified atom stereocenters. The molecule has 4 amide bonds. The fourth-order valence-electron chi connectivity index (χ4n) is 1.45. The molecule has 22 heavy (non-hydrogen) atoms. The van der Waals surface area contributed by atoms with Gasteiger partial charge in [0, 0.05) is 18.0 Å². The average Bonchev–Trinajstić information content (AvgIpc) is 2.50. The molecule has 0 spiro atoms. The zero-order valence-corrected chi connectivity index (χ0v) is 12.0. The summed E-state index contributed by atoms with van der Waals surface area (Å²) in [4.78, 5) is 49.1. The van der Waals surface area contributed by atoms with Crippen molar-refractivity contribution in [2.24, 2.45) is 5.73 Å². The van der Waals surface area contributed by atoms with E-state index in [2.05, 4.69) is 20.9 Å². The number of carbonyl (C=O) groups excluding carboxylic acids is 4. The van der Waals surface area contributed by atoms with E-state index in [4.69, 9.17) is 5.73 Å². The summed E-state index contributed by atoms with van der Waals surface area (Å²) in [6.45, 7) is 0.853. The van der Waals surface area contributed by atoms with Gasteiger partial charge in [0.25, 0.3) is 5.91 Å². The maximum atomic E-state index is 11.7. The minimum absolute atomic E-state index is 0.283. The molecule has 0 aliphatic rings. The predicted molar refractivity (Wildman–Crippen MR) is 76.4 cm³/mol. The second-order valence-electron chi connectivity index (χ2n) is 4.39. The Morgan fingerprint density at radius 1 is 1.14 bits per heavy atom. The highest BCUT2D eigenvalue weighted by Crippen LogP contribution is 1.94. The Labute approximate surface area is 126 Å². The van der Waals surface area contributed by atoms with E-state index in [1.807, 2.05) is 0 Å². The molecule has 0 aliphatic carbocycles. The highest BCUT2D eigenvalue weighted by molar-refractivity contribution is 5.97. The molecule has 1 aromatic heterocycles. The van der Waals surface area contributed by atoms with E-state index in [1.165, 1.54) is 31.5 Å². The molecule has 0 fully saturated rings. The van der Waals surface area contributed by atoms with Crippen LogP contribution < -0.4 is 21.7 Å². The second kappa shape index (κ2) is 8.35. The van der Waals surface area contributed by atoms with Gasteiger partial charge in [-0.2, -0.15) is 0 Å². The Morgan fingerprint density at radius 2 is 1.77 bits per heavy atom. The first-order valence-corrected chi connectivity index (χ1v) is 6.43. The van der Waals surface area contributed by atoms with E-state index >= 15 is 0 Å². The summed E-state index contributed by atoms with van der Waals surface area (Å²) in [5, 5.41) is 7.04. The smallest absolute Gasteiger partial charge is 0.251 e. The van der Waals surface area contributed by atoms with Crippen molar-refractivity contribution >= 4 is 23.6 Å². The first-order valence-electron chi connectivity index (χ1n) is 6.43. The number of primary amides is 1. The zero-order valence-electron chi connectivity index (χ0n) is 12.0. The molecule has 0 saturated carbocycles. The minimum atomic E-state index is -0.857. The van der Waals surface area contributed by atoms with Gasteiger partial charge in [-0.15, -0.1) is 0 Å². The van der Waals surface area contributed by atoms with Gasteiger partial charge >= 0.3 is 0 Å². The fraction of sp³-hybridized carbons (Fsp3) is 0.308. The van der Waals surface area contributed by atoms with Crippen molar-refractivity contribution in [1.29, 1.82) is 0 Å². The van der Waals surface area contributed by atoms with Crippen molar-refractivity contribution < 1.29 is 19.2 Å². The summed E-state index contributed by atoms with van der Waals surface area (Å²) in [6, 6.07) is 2.16. The number of rotatable bonds is 7. The van der Waals surface area contributed by atoms with Crippen LogP contribution in [0.1, 0.15) is 17.3 Å². The average molecular weight is 307 g/mol. The molecule has 0 saturated heterocycles. The van der Waals surface area contributed by atoms with Gasteiger partial charge in [-0.25, -0.2) is 0 Å². The summed E-state index contributed by atoms with van der Waals surface area (Å²) < 4.78 is 0. The van der Waals surface area contributed by atoms with Crippen LogP contribution in [0.3, 0.4) is 0 Å². The van der Waals surface area contributed by atoms with Crippen LogP contribution in [0.2, 0.25) is 0 Å². The van der Waals surface area contributed by atoms with E-state index < -0.39 is 29.7 Å². The Morgan fingerprint density at radius 3 is 2.36 bits per heavy atom. The maximum Gasteiger partial charge on any atom is 0.251 e. The monoisotopic (exact) mass is 307 g/mol. The van der Waals surface area contributed by atoms with Gasteiger partial charge in [-0.05, 0) is 19.1 Å². The molecule has 118 valence electrons. The van der Waals surface area contributed by atoms with E-state index in [0.717, 1.165) is 0 Å². The normalized spacial score (nSPS) is 11.1. The number of aromatic nitrogens is 1. The lowest BCUT2D eigenvalue weighted by Crippen LogP contribution is -2.49. The quantitative estimate of drug-likeness (QED) is 0.457. The number of hydrogen-bond donors (Lipinski definition) is 4. The predicted octanol–water partition coefficient (Wildman–Crippen LogP) is -2.08. The lowest BCUT2D eigenvalue weighted by atomic mass is 10.2. The van der Waals surface area contributed by atoms with Crippen LogP contribution in [-0.4, -0.2) is 47.7 Å². The van der Waals surface area contributed by atoms with Crippen LogP contribution in [0.5, 0.6) is 0 Å². The molecule has 9 heteroatoms. The molecule has 0 radical (unpaired) electrons. The van der Waals surface area contributed by atoms with E-state index in [1.54, 1.807) is 0 Å². The lowest BCUT2D eigenvalue weighted by Gasteiger charge is -2.13. The number of nitrogens with one attached hydrogen (secondary N) is 3. The van der Waals surface area contributed by atoms with Gasteiger partial charge in [0.1, 0.15) is 6.04 Å². The topological polar surface area (TPSA) is 143 Å². The minimum Gasteiger partial charge on any atom is -0.368 e. The second-order valence-corrected chi connectivity index (χ2v) is 4.39. The van der Waals surface area contributed by atoms with Gasteiger partial charge in [0.05, 0.1) is 13.1 Å². The third-order valence-corrected chi connectivity index (χ3v) is 2.56. The van der Waals surface area contributed by atoms with Crippen LogP contribution in [0.4, 0.5) is 0 Å². The molecule has 9 nitrogen and oxygen atoms in total. The van der Waals surface area contributed by atoms with Crippen molar-refractivity contribution in [3.63, 3.8) is 0 Å². The highest BCUT2D eigenvalue weighted by atomic mass is 16.2. The maximum absolute atomic E-state index is 11.7. The van der Waals surface area contributed by atoms with E-state index in [-0.39, 0.29) is 13.1 Å². The Kier molecular flexibility index (Phi) is 6.48. The first-order chi connectivity index (χ1) is 10.4. The molecule has 1 heterocycles. The Balaban J connectivity index is 2.35. The van der Waals surface area contributed by atoms with Crippen molar-refractivity contribution in [3.05, 3.63) is 30.1 Å². The largest absolute Gasteiger partial charge is 0.368 e. The molecule has 0 aromatic carbocycles. The molecule has 1 aromatic rings. The number of pyridine rings is 1. The van der Waals surface area contributed by atoms with Gasteiger partial charge in [-0.1, -0.05) is 0 Å². The zero-order chi connectivity index (χ0) is 16.5. The molecule has 1 atom stereocenters. The standard InChI is InChI=1S/C13H17N5O4/c1-8(12(21)16-6-10(14)19)18-11(20)7-17-13(22)9-2-4-15-5-3-9/h2-5,8H,6-7H2,1H3,(H2,14,19)(H,16,21)(H,17,22)(H,18,20)/t8-/m0/s1. The number of amides is 4. The summed E-state index contributed by atoms with van der Waals surface area (Å²) in [6.07, 6.45) is 2.92. The summed E-state index contributed by atoms with van der Waals surface area (Å²) in [5.41, 5.74) is 5.26. The van der Waals surface area contributed by atoms with Crippen molar-refractivity contribution in [1.82, 2.24) is 20.9 Å². The SMILES string of the molecule is C[C@H](NC(=O)CNC(=O)c1ccncc1)C(=O)NCC(N)=O. The van der Waals surface area contributed by atoms with Gasteiger partial charge in [-0.3, -0.25) is 24.2 Å². The number of carbonyl (C=O) groups is 4. The number of nitrogens with two attached hydrogens (primary N) is 1. The third-order valence-electron chi connectivity index (χ3n) is 2.56. The van der Waals surface area contributed by atoms with Crippen molar-refractivity contribution in [2.75, 3.05) is 13.1 Å². The molecular weight excluding hydrogens is 290 g/mol. The summed E-state index contributed by atoms with van der Waals surface area (Å²) in [7, 11) is 0. The first kappa shape index (κ1) is 17.1. The molecule has 1 rings (SSSR count). The van der Waals surface area contributed by atoms with Crippen LogP contribution in [-0.2, 0) is 14.4 Å². The van der Waals surface area contributed by atoms with E-state index in [9.17, 15) is 19.2 Å². The molecular formula is C13H17N5O4. The van der Waals surface area contributed by atoms with Crippen molar-refractivity contribution in [2.45, 2.75) is 13.0 Å². The number of nitrogens with zero attached hydrogens (tertiary/aromatic N) is 1. The summed E-state index contributed by atoms with van der Waals surface area (Å²) in [5.74, 6) is -2.20. The molecule has 5 N–H and O–H groups in total. The van der Waals surface area contributed by atoms with Crippen LogP contribution >= 0.6 is 0 Å². The fourth-order valence-corrected chi connectivity index (χ4v) is 1.45. The highest BCUT2D eigenvalue weighted by Gasteiger charge is 2.16. The summed E-state index contributed by atoms with van der Waals surface area (Å²) >= 11 is 0.